The lowest BCUT2D eigenvalue weighted by molar-refractivity contribution is -0.119. The van der Waals surface area contributed by atoms with Gasteiger partial charge in [0, 0.05) is 39.6 Å². The number of hydrogen-bond acceptors (Lipinski definition) is 6. The Labute approximate surface area is 282 Å². The minimum Gasteiger partial charge on any atom is -0.444 e. The standard InChI is InChI=1S/C38H48F2N2O6/c1-26-21-30(33-10-8-7-9-29(33)17-19-41-27(2)43)13-16-32(26)34-22-42(35(44)48-36(3,4)5)20-18-38(34,45)31-14-11-28(12-15-31)23-47-25-37(39,40)24-46-6/h7-16,21,34,45H,17-20,22-25H2,1-6H3,(H,41,43)/t34-,38+/m1/s1. The number of aryl methyl sites for hydroxylation is 1. The molecule has 1 saturated heterocycles. The van der Waals surface area contributed by atoms with Gasteiger partial charge in [-0.1, -0.05) is 66.7 Å². The molecular formula is C38H48F2N2O6. The van der Waals surface area contributed by atoms with Gasteiger partial charge in [-0.25, -0.2) is 13.6 Å². The number of nitrogens with zero attached hydrogens (tertiary/aromatic N) is 1. The van der Waals surface area contributed by atoms with Crippen molar-refractivity contribution in [3.8, 4) is 11.1 Å². The van der Waals surface area contributed by atoms with Crippen molar-refractivity contribution in [3.63, 3.8) is 0 Å². The Balaban J connectivity index is 1.63. The molecule has 3 aromatic rings. The summed E-state index contributed by atoms with van der Waals surface area (Å²) < 4.78 is 43.1. The molecule has 2 amide bonds. The van der Waals surface area contributed by atoms with Crippen molar-refractivity contribution in [3.05, 3.63) is 94.5 Å². The van der Waals surface area contributed by atoms with E-state index < -0.39 is 42.3 Å². The summed E-state index contributed by atoms with van der Waals surface area (Å²) in [7, 11) is 1.22. The van der Waals surface area contributed by atoms with Crippen LogP contribution in [0.1, 0.15) is 67.9 Å². The van der Waals surface area contributed by atoms with Gasteiger partial charge < -0.3 is 29.5 Å². The first-order chi connectivity index (χ1) is 22.6. The smallest absolute Gasteiger partial charge is 0.410 e. The number of amides is 2. The fraction of sp³-hybridized carbons (Fsp3) is 0.474. The number of benzene rings is 3. The Morgan fingerprint density at radius 2 is 1.75 bits per heavy atom. The lowest BCUT2D eigenvalue weighted by atomic mass is 9.71. The van der Waals surface area contributed by atoms with Gasteiger partial charge in [0.25, 0.3) is 5.92 Å². The molecule has 0 bridgehead atoms. The van der Waals surface area contributed by atoms with Crippen LogP contribution in [0.2, 0.25) is 0 Å². The number of aliphatic hydroxyl groups is 1. The van der Waals surface area contributed by atoms with Crippen LogP contribution in [0, 0.1) is 6.92 Å². The normalized spacial score (nSPS) is 18.4. The Bertz CT molecular complexity index is 1560. The third kappa shape index (κ3) is 9.61. The molecule has 10 heteroatoms. The summed E-state index contributed by atoms with van der Waals surface area (Å²) in [4.78, 5) is 26.3. The van der Waals surface area contributed by atoms with Crippen LogP contribution in [-0.4, -0.2) is 73.5 Å². The van der Waals surface area contributed by atoms with Gasteiger partial charge in [-0.3, -0.25) is 4.79 Å². The number of halogens is 2. The molecule has 48 heavy (non-hydrogen) atoms. The lowest BCUT2D eigenvalue weighted by Gasteiger charge is -2.45. The maximum Gasteiger partial charge on any atom is 0.410 e. The summed E-state index contributed by atoms with van der Waals surface area (Å²) in [6, 6.07) is 21.4. The number of methoxy groups -OCH3 is 1. The van der Waals surface area contributed by atoms with E-state index >= 15 is 0 Å². The zero-order valence-corrected chi connectivity index (χ0v) is 28.8. The van der Waals surface area contributed by atoms with E-state index in [-0.39, 0.29) is 25.5 Å². The summed E-state index contributed by atoms with van der Waals surface area (Å²) >= 11 is 0. The average molecular weight is 667 g/mol. The first kappa shape index (κ1) is 37.0. The summed E-state index contributed by atoms with van der Waals surface area (Å²) in [5, 5.41) is 15.3. The molecule has 260 valence electrons. The van der Waals surface area contributed by atoms with Gasteiger partial charge in [0.2, 0.25) is 5.91 Å². The van der Waals surface area contributed by atoms with E-state index in [1.54, 1.807) is 29.2 Å². The molecule has 1 heterocycles. The van der Waals surface area contributed by atoms with E-state index in [1.165, 1.54) is 14.0 Å². The first-order valence-corrected chi connectivity index (χ1v) is 16.3. The molecule has 1 aliphatic rings. The van der Waals surface area contributed by atoms with Crippen LogP contribution >= 0.6 is 0 Å². The highest BCUT2D eigenvalue weighted by atomic mass is 19.3. The molecule has 0 radical (unpaired) electrons. The predicted molar refractivity (Wildman–Crippen MR) is 181 cm³/mol. The second-order valence-electron chi connectivity index (χ2n) is 13.6. The van der Waals surface area contributed by atoms with E-state index in [4.69, 9.17) is 9.47 Å². The first-order valence-electron chi connectivity index (χ1n) is 16.3. The van der Waals surface area contributed by atoms with Crippen molar-refractivity contribution in [1.82, 2.24) is 10.2 Å². The number of rotatable bonds is 12. The minimum absolute atomic E-state index is 0.0132. The molecule has 8 nitrogen and oxygen atoms in total. The van der Waals surface area contributed by atoms with Crippen molar-refractivity contribution in [1.29, 1.82) is 0 Å². The van der Waals surface area contributed by atoms with Crippen LogP contribution in [0.25, 0.3) is 11.1 Å². The maximum atomic E-state index is 13.8. The average Bonchev–Trinajstić information content (AvgIpc) is 3.01. The minimum atomic E-state index is -3.08. The number of hydrogen-bond donors (Lipinski definition) is 2. The van der Waals surface area contributed by atoms with E-state index in [9.17, 15) is 23.5 Å². The number of carbonyl (C=O) groups is 2. The third-order valence-electron chi connectivity index (χ3n) is 8.53. The van der Waals surface area contributed by atoms with Crippen LogP contribution in [0.3, 0.4) is 0 Å². The monoisotopic (exact) mass is 666 g/mol. The molecule has 0 aromatic heterocycles. The molecule has 1 fully saturated rings. The molecule has 0 unspecified atom stereocenters. The Morgan fingerprint density at radius 1 is 1.04 bits per heavy atom. The molecule has 3 aromatic carbocycles. The number of nitrogens with one attached hydrogen (secondary N) is 1. The highest BCUT2D eigenvalue weighted by molar-refractivity contribution is 5.73. The van der Waals surface area contributed by atoms with Crippen LogP contribution < -0.4 is 5.32 Å². The zero-order valence-electron chi connectivity index (χ0n) is 28.8. The summed E-state index contributed by atoms with van der Waals surface area (Å²) in [6.45, 7) is 8.55. The predicted octanol–water partition coefficient (Wildman–Crippen LogP) is 6.75. The van der Waals surface area contributed by atoms with Crippen LogP contribution in [0.5, 0.6) is 0 Å². The van der Waals surface area contributed by atoms with Crippen molar-refractivity contribution < 1.29 is 37.7 Å². The van der Waals surface area contributed by atoms with Gasteiger partial charge in [-0.15, -0.1) is 0 Å². The van der Waals surface area contributed by atoms with Gasteiger partial charge in [0.05, 0.1) is 12.2 Å². The fourth-order valence-electron chi connectivity index (χ4n) is 6.22. The molecule has 2 atom stereocenters. The van der Waals surface area contributed by atoms with Crippen molar-refractivity contribution in [2.75, 3.05) is 40.0 Å². The van der Waals surface area contributed by atoms with Crippen LogP contribution in [-0.2, 0) is 37.6 Å². The summed E-state index contributed by atoms with van der Waals surface area (Å²) in [5.74, 6) is -3.64. The largest absolute Gasteiger partial charge is 0.444 e. The van der Waals surface area contributed by atoms with Gasteiger partial charge in [-0.05, 0) is 79.5 Å². The van der Waals surface area contributed by atoms with Crippen molar-refractivity contribution >= 4 is 12.0 Å². The highest BCUT2D eigenvalue weighted by Gasteiger charge is 2.46. The lowest BCUT2D eigenvalue weighted by Crippen LogP contribution is -2.51. The highest BCUT2D eigenvalue weighted by Crippen LogP contribution is 2.45. The van der Waals surface area contributed by atoms with E-state index in [0.717, 1.165) is 27.8 Å². The van der Waals surface area contributed by atoms with Gasteiger partial charge >= 0.3 is 6.09 Å². The second-order valence-corrected chi connectivity index (χ2v) is 13.6. The molecule has 0 spiro atoms. The zero-order chi connectivity index (χ0) is 35.1. The number of carbonyl (C=O) groups excluding carboxylic acids is 2. The molecule has 1 aliphatic heterocycles. The van der Waals surface area contributed by atoms with E-state index in [2.05, 4.69) is 28.3 Å². The number of alkyl halides is 2. The second kappa shape index (κ2) is 15.6. The maximum absolute atomic E-state index is 13.8. The topological polar surface area (TPSA) is 97.3 Å². The van der Waals surface area contributed by atoms with E-state index in [0.29, 0.717) is 30.6 Å². The Kier molecular flexibility index (Phi) is 12.0. The Hall–Kier alpha value is -3.86. The van der Waals surface area contributed by atoms with Crippen molar-refractivity contribution in [2.45, 2.75) is 77.1 Å². The summed E-state index contributed by atoms with van der Waals surface area (Å²) in [5.41, 5.74) is 4.40. The fourth-order valence-corrected chi connectivity index (χ4v) is 6.22. The SMILES string of the molecule is COCC(F)(F)COCc1ccc([C@@]2(O)CCN(C(=O)OC(C)(C)C)C[C@@H]2c2ccc(-c3ccccc3CCNC(C)=O)cc2C)cc1. The van der Waals surface area contributed by atoms with Crippen LogP contribution in [0.15, 0.2) is 66.7 Å². The number of ether oxygens (including phenoxy) is 3. The molecule has 4 rings (SSSR count). The quantitative estimate of drug-likeness (QED) is 0.222. The van der Waals surface area contributed by atoms with Gasteiger partial charge in [0.15, 0.2) is 0 Å². The van der Waals surface area contributed by atoms with Crippen LogP contribution in [0.4, 0.5) is 13.6 Å². The van der Waals surface area contributed by atoms with Crippen molar-refractivity contribution in [2.24, 2.45) is 0 Å². The van der Waals surface area contributed by atoms with E-state index in [1.807, 2.05) is 52.0 Å². The molecular weight excluding hydrogens is 618 g/mol. The molecule has 0 saturated carbocycles. The third-order valence-corrected chi connectivity index (χ3v) is 8.53. The number of likely N-dealkylation sites (tertiary alicyclic amines) is 1. The molecule has 2 N–H and O–H groups in total. The number of piperidine rings is 1. The Morgan fingerprint density at radius 3 is 2.40 bits per heavy atom. The van der Waals surface area contributed by atoms with Gasteiger partial charge in [-0.2, -0.15) is 0 Å². The summed E-state index contributed by atoms with van der Waals surface area (Å²) in [6.07, 6.45) is 0.513. The van der Waals surface area contributed by atoms with Gasteiger partial charge in [0.1, 0.15) is 18.8 Å². The molecule has 0 aliphatic carbocycles.